The van der Waals surface area contributed by atoms with Crippen molar-refractivity contribution in [2.45, 2.75) is 13.0 Å². The van der Waals surface area contributed by atoms with E-state index in [1.807, 2.05) is 16.8 Å². The van der Waals surface area contributed by atoms with Crippen LogP contribution in [0.4, 0.5) is 16.0 Å². The average molecular weight is 299 g/mol. The first-order valence-corrected chi connectivity index (χ1v) is 6.74. The van der Waals surface area contributed by atoms with E-state index in [1.165, 1.54) is 12.1 Å². The molecule has 0 spiro atoms. The molecule has 1 aromatic carbocycles. The molecule has 0 aliphatic heterocycles. The van der Waals surface area contributed by atoms with E-state index >= 15 is 0 Å². The zero-order valence-electron chi connectivity index (χ0n) is 11.7. The highest BCUT2D eigenvalue weighted by molar-refractivity contribution is 5.77. The van der Waals surface area contributed by atoms with Gasteiger partial charge in [0.15, 0.2) is 0 Å². The van der Waals surface area contributed by atoms with E-state index in [-0.39, 0.29) is 18.1 Å². The second kappa shape index (κ2) is 5.80. The van der Waals surface area contributed by atoms with Gasteiger partial charge in [-0.2, -0.15) is 4.98 Å². The number of primary amides is 1. The zero-order chi connectivity index (χ0) is 15.5. The van der Waals surface area contributed by atoms with E-state index in [9.17, 15) is 9.18 Å². The molecule has 2 aromatic heterocycles. The number of carbonyl (C=O) groups excluding carboxylic acids is 1. The minimum atomic E-state index is -0.367. The molecule has 0 unspecified atom stereocenters. The molecule has 0 fully saturated rings. The second-order valence-corrected chi connectivity index (χ2v) is 4.83. The number of amides is 1. The Hall–Kier alpha value is -2.96. The van der Waals surface area contributed by atoms with E-state index in [1.54, 1.807) is 18.3 Å². The monoisotopic (exact) mass is 299 g/mol. The largest absolute Gasteiger partial charge is 0.370 e. The molecular weight excluding hydrogens is 285 g/mol. The molecule has 3 N–H and O–H groups in total. The number of rotatable bonds is 5. The van der Waals surface area contributed by atoms with Crippen LogP contribution in [0.25, 0.3) is 11.0 Å². The highest BCUT2D eigenvalue weighted by atomic mass is 19.1. The fourth-order valence-electron chi connectivity index (χ4n) is 2.14. The molecule has 6 nitrogen and oxygen atoms in total. The Morgan fingerprint density at radius 3 is 3.00 bits per heavy atom. The molecule has 0 radical (unpaired) electrons. The summed E-state index contributed by atoms with van der Waals surface area (Å²) >= 11 is 0. The van der Waals surface area contributed by atoms with Crippen molar-refractivity contribution in [1.82, 2.24) is 14.5 Å². The number of nitrogens with one attached hydrogen (secondary N) is 1. The molecule has 1 amide bonds. The first-order chi connectivity index (χ1) is 10.6. The number of nitrogens with two attached hydrogens (primary N) is 1. The first kappa shape index (κ1) is 14.0. The minimum absolute atomic E-state index is 0.237. The fourth-order valence-corrected chi connectivity index (χ4v) is 2.14. The maximum absolute atomic E-state index is 13.2. The Morgan fingerprint density at radius 2 is 2.23 bits per heavy atom. The predicted octanol–water partition coefficient (Wildman–Crippen LogP) is 2.19. The van der Waals surface area contributed by atoms with Crippen molar-refractivity contribution in [2.75, 3.05) is 5.32 Å². The Labute approximate surface area is 125 Å². The lowest BCUT2D eigenvalue weighted by Gasteiger charge is -2.06. The summed E-state index contributed by atoms with van der Waals surface area (Å²) in [6.07, 6.45) is 3.74. The molecule has 0 saturated heterocycles. The van der Waals surface area contributed by atoms with Crippen molar-refractivity contribution in [1.29, 1.82) is 0 Å². The van der Waals surface area contributed by atoms with E-state index < -0.39 is 0 Å². The van der Waals surface area contributed by atoms with Crippen molar-refractivity contribution in [3.05, 3.63) is 48.5 Å². The second-order valence-electron chi connectivity index (χ2n) is 4.83. The maximum Gasteiger partial charge on any atom is 0.229 e. The molecule has 3 rings (SSSR count). The standard InChI is InChI=1S/C15H14FN5O/c16-11-2-1-3-12(8-11)19-15-18-9-10-4-6-21(14(10)20-15)7-5-13(17)22/h1-4,6,8-9H,5,7H2,(H2,17,22)(H,18,19,20). The molecule has 22 heavy (non-hydrogen) atoms. The van der Waals surface area contributed by atoms with Crippen molar-refractivity contribution in [3.8, 4) is 0 Å². The van der Waals surface area contributed by atoms with E-state index in [0.29, 0.717) is 23.8 Å². The van der Waals surface area contributed by atoms with Gasteiger partial charge in [-0.05, 0) is 24.3 Å². The number of halogens is 1. The highest BCUT2D eigenvalue weighted by Crippen LogP contribution is 2.18. The molecule has 0 saturated carbocycles. The van der Waals surface area contributed by atoms with Crippen LogP contribution in [0.15, 0.2) is 42.7 Å². The van der Waals surface area contributed by atoms with Crippen molar-refractivity contribution in [3.63, 3.8) is 0 Å². The Morgan fingerprint density at radius 1 is 1.36 bits per heavy atom. The molecular formula is C15H14FN5O. The SMILES string of the molecule is NC(=O)CCn1ccc2cnc(Nc3cccc(F)c3)nc21. The van der Waals surface area contributed by atoms with Crippen molar-refractivity contribution < 1.29 is 9.18 Å². The van der Waals surface area contributed by atoms with Gasteiger partial charge in [0.05, 0.1) is 0 Å². The van der Waals surface area contributed by atoms with E-state index in [0.717, 1.165) is 5.39 Å². The molecule has 3 aromatic rings. The topological polar surface area (TPSA) is 85.8 Å². The number of anilines is 2. The zero-order valence-corrected chi connectivity index (χ0v) is 11.7. The van der Waals surface area contributed by atoms with Crippen LogP contribution < -0.4 is 11.1 Å². The lowest BCUT2D eigenvalue weighted by molar-refractivity contribution is -0.118. The number of benzene rings is 1. The third-order valence-corrected chi connectivity index (χ3v) is 3.18. The Balaban J connectivity index is 1.88. The number of hydrogen-bond donors (Lipinski definition) is 2. The van der Waals surface area contributed by atoms with Gasteiger partial charge in [-0.1, -0.05) is 6.07 Å². The van der Waals surface area contributed by atoms with E-state index in [2.05, 4.69) is 15.3 Å². The van der Waals surface area contributed by atoms with Gasteiger partial charge in [0.2, 0.25) is 11.9 Å². The van der Waals surface area contributed by atoms with Gasteiger partial charge < -0.3 is 15.6 Å². The number of aromatic nitrogens is 3. The number of hydrogen-bond acceptors (Lipinski definition) is 4. The van der Waals surface area contributed by atoms with Crippen molar-refractivity contribution >= 4 is 28.6 Å². The van der Waals surface area contributed by atoms with Gasteiger partial charge in [0, 0.05) is 36.4 Å². The molecule has 7 heteroatoms. The minimum Gasteiger partial charge on any atom is -0.370 e. The van der Waals surface area contributed by atoms with Crippen LogP contribution in [0.2, 0.25) is 0 Å². The number of aryl methyl sites for hydroxylation is 1. The van der Waals surface area contributed by atoms with Crippen LogP contribution in [-0.2, 0) is 11.3 Å². The first-order valence-electron chi connectivity index (χ1n) is 6.74. The maximum atomic E-state index is 13.2. The Kier molecular flexibility index (Phi) is 3.69. The quantitative estimate of drug-likeness (QED) is 0.756. The van der Waals surface area contributed by atoms with Gasteiger partial charge in [-0.25, -0.2) is 9.37 Å². The number of nitrogens with zero attached hydrogens (tertiary/aromatic N) is 3. The smallest absolute Gasteiger partial charge is 0.229 e. The summed E-state index contributed by atoms with van der Waals surface area (Å²) in [7, 11) is 0. The lowest BCUT2D eigenvalue weighted by Crippen LogP contribution is -2.13. The predicted molar refractivity (Wildman–Crippen MR) is 81.0 cm³/mol. The van der Waals surface area contributed by atoms with Gasteiger partial charge in [-0.15, -0.1) is 0 Å². The number of fused-ring (bicyclic) bond motifs is 1. The summed E-state index contributed by atoms with van der Waals surface area (Å²) in [5.41, 5.74) is 6.42. The lowest BCUT2D eigenvalue weighted by atomic mass is 10.3. The Bertz CT molecular complexity index is 830. The van der Waals surface area contributed by atoms with Gasteiger partial charge in [-0.3, -0.25) is 4.79 Å². The third-order valence-electron chi connectivity index (χ3n) is 3.18. The molecule has 0 aliphatic rings. The van der Waals surface area contributed by atoms with Crippen LogP contribution in [-0.4, -0.2) is 20.4 Å². The van der Waals surface area contributed by atoms with Crippen LogP contribution in [0.1, 0.15) is 6.42 Å². The highest BCUT2D eigenvalue weighted by Gasteiger charge is 2.07. The summed E-state index contributed by atoms with van der Waals surface area (Å²) in [5, 5.41) is 3.81. The molecule has 2 heterocycles. The van der Waals surface area contributed by atoms with Crippen LogP contribution in [0, 0.1) is 5.82 Å². The summed E-state index contributed by atoms with van der Waals surface area (Å²) in [5.74, 6) is -0.345. The molecule has 0 aliphatic carbocycles. The molecule has 0 bridgehead atoms. The van der Waals surface area contributed by atoms with Gasteiger partial charge in [0.25, 0.3) is 0 Å². The normalized spacial score (nSPS) is 10.8. The van der Waals surface area contributed by atoms with Gasteiger partial charge >= 0.3 is 0 Å². The third kappa shape index (κ3) is 3.03. The van der Waals surface area contributed by atoms with E-state index in [4.69, 9.17) is 5.73 Å². The van der Waals surface area contributed by atoms with Crippen LogP contribution in [0.3, 0.4) is 0 Å². The average Bonchev–Trinajstić information content (AvgIpc) is 2.87. The fraction of sp³-hybridized carbons (Fsp3) is 0.133. The molecule has 112 valence electrons. The summed E-state index contributed by atoms with van der Waals surface area (Å²) in [4.78, 5) is 19.5. The van der Waals surface area contributed by atoms with Crippen LogP contribution in [0.5, 0.6) is 0 Å². The summed E-state index contributed by atoms with van der Waals surface area (Å²) in [6, 6.07) is 7.92. The summed E-state index contributed by atoms with van der Waals surface area (Å²) < 4.78 is 15.0. The molecule has 0 atom stereocenters. The number of carbonyl (C=O) groups is 1. The van der Waals surface area contributed by atoms with Crippen LogP contribution >= 0.6 is 0 Å². The van der Waals surface area contributed by atoms with Gasteiger partial charge in [0.1, 0.15) is 11.5 Å². The van der Waals surface area contributed by atoms with Crippen molar-refractivity contribution in [2.24, 2.45) is 5.73 Å². The summed E-state index contributed by atoms with van der Waals surface area (Å²) in [6.45, 7) is 0.454.